The predicted molar refractivity (Wildman–Crippen MR) is 121 cm³/mol. The number of anilines is 1. The Hall–Kier alpha value is -3.19. The summed E-state index contributed by atoms with van der Waals surface area (Å²) in [7, 11) is 0. The first-order valence-electron chi connectivity index (χ1n) is 10.8. The molecule has 0 saturated heterocycles. The van der Waals surface area contributed by atoms with Gasteiger partial charge in [-0.1, -0.05) is 19.1 Å². The van der Waals surface area contributed by atoms with Gasteiger partial charge in [0.25, 0.3) is 5.56 Å². The smallest absolute Gasteiger partial charge is 0.258 e. The Labute approximate surface area is 179 Å². The molecule has 0 bridgehead atoms. The molecule has 2 fully saturated rings. The minimum atomic E-state index is -0.657. The summed E-state index contributed by atoms with van der Waals surface area (Å²) < 4.78 is 3.82. The lowest BCUT2D eigenvalue weighted by Gasteiger charge is -2.41. The number of aromatic nitrogens is 4. The van der Waals surface area contributed by atoms with Crippen molar-refractivity contribution in [1.29, 1.82) is 0 Å². The first-order chi connectivity index (χ1) is 14.8. The van der Waals surface area contributed by atoms with Crippen LogP contribution in [0.1, 0.15) is 45.2 Å². The van der Waals surface area contributed by atoms with Crippen molar-refractivity contribution in [2.45, 2.75) is 50.8 Å². The maximum absolute atomic E-state index is 13.2. The van der Waals surface area contributed by atoms with Gasteiger partial charge in [0.15, 0.2) is 0 Å². The normalized spacial score (nSPS) is 27.5. The lowest BCUT2D eigenvalue weighted by atomic mass is 9.77. The Bertz CT molecular complexity index is 1410. The standard InChI is InChI=1S/C24H25N5O2/c1-13-9-19(13)28-8-6-14-3-4-15(10-17(14)23(28)30)21-20-18(5-7-26-22(20)25)29(27-21)16-11-24(2,31)12-16/h3-8,10,13,16,19,31H,9,11-12H2,1-2H3,(H2,25,26)/t13-,16?,19-,24?/m0/s1. The number of fused-ring (bicyclic) bond motifs is 2. The molecule has 1 aromatic carbocycles. The van der Waals surface area contributed by atoms with Crippen molar-refractivity contribution >= 4 is 27.5 Å². The Morgan fingerprint density at radius 1 is 1.23 bits per heavy atom. The second-order valence-electron chi connectivity index (χ2n) is 9.55. The summed E-state index contributed by atoms with van der Waals surface area (Å²) in [5, 5.41) is 17.5. The van der Waals surface area contributed by atoms with Gasteiger partial charge in [-0.2, -0.15) is 5.10 Å². The van der Waals surface area contributed by atoms with Gasteiger partial charge in [-0.3, -0.25) is 9.48 Å². The van der Waals surface area contributed by atoms with Crippen molar-refractivity contribution in [2.75, 3.05) is 5.73 Å². The summed E-state index contributed by atoms with van der Waals surface area (Å²) in [4.78, 5) is 17.5. The number of hydrogen-bond acceptors (Lipinski definition) is 5. The molecule has 7 heteroatoms. The molecule has 3 heterocycles. The number of benzene rings is 1. The van der Waals surface area contributed by atoms with E-state index in [9.17, 15) is 9.90 Å². The van der Waals surface area contributed by atoms with E-state index < -0.39 is 5.60 Å². The zero-order valence-corrected chi connectivity index (χ0v) is 17.6. The van der Waals surface area contributed by atoms with Gasteiger partial charge in [0.2, 0.25) is 0 Å². The molecule has 2 atom stereocenters. The number of rotatable bonds is 3. The fourth-order valence-corrected chi connectivity index (χ4v) is 5.07. The van der Waals surface area contributed by atoms with Crippen molar-refractivity contribution in [1.82, 2.24) is 19.3 Å². The SMILES string of the molecule is C[C@H]1C[C@@H]1n1ccc2ccc(-c3nn(C4CC(C)(O)C4)c4ccnc(N)c34)cc2c1=O. The van der Waals surface area contributed by atoms with Gasteiger partial charge in [-0.25, -0.2) is 4.98 Å². The number of nitrogens with two attached hydrogens (primary N) is 1. The van der Waals surface area contributed by atoms with Crippen LogP contribution in [0.5, 0.6) is 0 Å². The van der Waals surface area contributed by atoms with E-state index in [2.05, 4.69) is 11.9 Å². The summed E-state index contributed by atoms with van der Waals surface area (Å²) in [6.07, 6.45) is 5.94. The van der Waals surface area contributed by atoms with Crippen LogP contribution in [0, 0.1) is 5.92 Å². The number of hydrogen-bond donors (Lipinski definition) is 2. The molecule has 2 saturated carbocycles. The van der Waals surface area contributed by atoms with Gasteiger partial charge in [-0.15, -0.1) is 0 Å². The maximum Gasteiger partial charge on any atom is 0.258 e. The Morgan fingerprint density at radius 3 is 2.71 bits per heavy atom. The summed E-state index contributed by atoms with van der Waals surface area (Å²) in [5.41, 5.74) is 8.13. The number of aliphatic hydroxyl groups is 1. The third-order valence-electron chi connectivity index (χ3n) is 6.98. The molecule has 158 valence electrons. The van der Waals surface area contributed by atoms with Crippen molar-refractivity contribution in [2.24, 2.45) is 5.92 Å². The zero-order chi connectivity index (χ0) is 21.5. The molecule has 2 aliphatic rings. The van der Waals surface area contributed by atoms with Crippen LogP contribution in [-0.4, -0.2) is 30.0 Å². The highest BCUT2D eigenvalue weighted by Crippen LogP contribution is 2.44. The molecular formula is C24H25N5O2. The fraction of sp³-hybridized carbons (Fsp3) is 0.375. The van der Waals surface area contributed by atoms with Gasteiger partial charge in [0.05, 0.1) is 22.5 Å². The lowest BCUT2D eigenvalue weighted by Crippen LogP contribution is -2.42. The quantitative estimate of drug-likeness (QED) is 0.532. The van der Waals surface area contributed by atoms with Crippen LogP contribution in [0.15, 0.2) is 47.5 Å². The monoisotopic (exact) mass is 415 g/mol. The fourth-order valence-electron chi connectivity index (χ4n) is 5.07. The molecule has 0 unspecified atom stereocenters. The summed E-state index contributed by atoms with van der Waals surface area (Å²) in [6.45, 7) is 4.02. The first-order valence-corrected chi connectivity index (χ1v) is 10.8. The molecule has 6 rings (SSSR count). The van der Waals surface area contributed by atoms with E-state index in [4.69, 9.17) is 10.8 Å². The third-order valence-corrected chi connectivity index (χ3v) is 6.98. The average Bonchev–Trinajstić information content (AvgIpc) is 3.30. The molecule has 0 aliphatic heterocycles. The van der Waals surface area contributed by atoms with E-state index >= 15 is 0 Å². The van der Waals surface area contributed by atoms with Gasteiger partial charge in [-0.05, 0) is 55.7 Å². The van der Waals surface area contributed by atoms with E-state index in [0.29, 0.717) is 36.0 Å². The van der Waals surface area contributed by atoms with Gasteiger partial charge in [0.1, 0.15) is 11.5 Å². The van der Waals surface area contributed by atoms with Gasteiger partial charge in [0, 0.05) is 29.4 Å². The third kappa shape index (κ3) is 2.80. The van der Waals surface area contributed by atoms with Crippen LogP contribution in [0.2, 0.25) is 0 Å². The van der Waals surface area contributed by atoms with E-state index in [1.807, 2.05) is 52.7 Å². The highest BCUT2D eigenvalue weighted by atomic mass is 16.3. The highest BCUT2D eigenvalue weighted by Gasteiger charge is 2.41. The molecule has 4 aromatic rings. The number of nitrogens with zero attached hydrogens (tertiary/aromatic N) is 4. The topological polar surface area (TPSA) is 99.0 Å². The Balaban J connectivity index is 1.53. The van der Waals surface area contributed by atoms with Crippen molar-refractivity contribution in [3.05, 3.63) is 53.1 Å². The van der Waals surface area contributed by atoms with Crippen molar-refractivity contribution in [3.8, 4) is 11.3 Å². The molecular weight excluding hydrogens is 390 g/mol. The second-order valence-corrected chi connectivity index (χ2v) is 9.55. The Kier molecular flexibility index (Phi) is 3.69. The van der Waals surface area contributed by atoms with E-state index in [-0.39, 0.29) is 11.6 Å². The average molecular weight is 415 g/mol. The lowest BCUT2D eigenvalue weighted by molar-refractivity contribution is -0.0529. The van der Waals surface area contributed by atoms with Crippen LogP contribution in [0.4, 0.5) is 5.82 Å². The van der Waals surface area contributed by atoms with E-state index in [0.717, 1.165) is 34.0 Å². The molecule has 31 heavy (non-hydrogen) atoms. The van der Waals surface area contributed by atoms with E-state index in [1.165, 1.54) is 0 Å². The van der Waals surface area contributed by atoms with Crippen molar-refractivity contribution in [3.63, 3.8) is 0 Å². The summed E-state index contributed by atoms with van der Waals surface area (Å²) >= 11 is 0. The van der Waals surface area contributed by atoms with Crippen LogP contribution in [0.25, 0.3) is 32.9 Å². The van der Waals surface area contributed by atoms with Crippen LogP contribution >= 0.6 is 0 Å². The molecule has 7 nitrogen and oxygen atoms in total. The molecule has 3 aromatic heterocycles. The van der Waals surface area contributed by atoms with Crippen molar-refractivity contribution < 1.29 is 5.11 Å². The highest BCUT2D eigenvalue weighted by molar-refractivity contribution is 6.01. The zero-order valence-electron chi connectivity index (χ0n) is 17.6. The number of nitrogen functional groups attached to an aromatic ring is 1. The van der Waals surface area contributed by atoms with Gasteiger partial charge >= 0.3 is 0 Å². The molecule has 0 radical (unpaired) electrons. The largest absolute Gasteiger partial charge is 0.390 e. The van der Waals surface area contributed by atoms with Crippen LogP contribution in [-0.2, 0) is 0 Å². The first kappa shape index (κ1) is 18.6. The molecule has 0 spiro atoms. The van der Waals surface area contributed by atoms with Crippen LogP contribution in [0.3, 0.4) is 0 Å². The second kappa shape index (κ2) is 6.17. The maximum atomic E-state index is 13.2. The number of pyridine rings is 2. The molecule has 0 amide bonds. The molecule has 3 N–H and O–H groups in total. The van der Waals surface area contributed by atoms with Crippen LogP contribution < -0.4 is 11.3 Å². The molecule has 2 aliphatic carbocycles. The summed E-state index contributed by atoms with van der Waals surface area (Å²) in [5.74, 6) is 0.964. The van der Waals surface area contributed by atoms with Gasteiger partial charge < -0.3 is 15.4 Å². The summed E-state index contributed by atoms with van der Waals surface area (Å²) in [6, 6.07) is 10.2. The predicted octanol–water partition coefficient (Wildman–Crippen LogP) is 3.66. The minimum Gasteiger partial charge on any atom is -0.390 e. The van der Waals surface area contributed by atoms with E-state index in [1.54, 1.807) is 6.20 Å². The minimum absolute atomic E-state index is 0.0403. The Morgan fingerprint density at radius 2 is 2.00 bits per heavy atom.